The van der Waals surface area contributed by atoms with Gasteiger partial charge < -0.3 is 14.5 Å². The van der Waals surface area contributed by atoms with Crippen molar-refractivity contribution in [1.82, 2.24) is 20.1 Å². The summed E-state index contributed by atoms with van der Waals surface area (Å²) in [5.41, 5.74) is 2.43. The Morgan fingerprint density at radius 2 is 1.82 bits per heavy atom. The Labute approximate surface area is 205 Å². The Bertz CT molecular complexity index is 1350. The van der Waals surface area contributed by atoms with Gasteiger partial charge in [0.15, 0.2) is 18.1 Å². The average molecular weight is 499 g/mol. The summed E-state index contributed by atoms with van der Waals surface area (Å²) in [5.74, 6) is 0.304. The molecule has 0 saturated heterocycles. The zero-order valence-electron chi connectivity index (χ0n) is 18.3. The van der Waals surface area contributed by atoms with E-state index >= 15 is 0 Å². The summed E-state index contributed by atoms with van der Waals surface area (Å²) in [6.07, 6.45) is 0. The normalized spacial score (nSPS) is 10.8. The topological polar surface area (TPSA) is 99.2 Å². The molecule has 8 nitrogen and oxygen atoms in total. The van der Waals surface area contributed by atoms with Crippen molar-refractivity contribution in [2.45, 2.75) is 20.4 Å². The van der Waals surface area contributed by atoms with Crippen LogP contribution in [0.3, 0.4) is 0 Å². The molecule has 34 heavy (non-hydrogen) atoms. The van der Waals surface area contributed by atoms with Gasteiger partial charge in [-0.1, -0.05) is 23.2 Å². The van der Waals surface area contributed by atoms with E-state index in [1.807, 2.05) is 32.0 Å². The van der Waals surface area contributed by atoms with Gasteiger partial charge in [-0.3, -0.25) is 4.79 Å². The first-order chi connectivity index (χ1) is 16.3. The van der Waals surface area contributed by atoms with Crippen molar-refractivity contribution in [2.24, 2.45) is 0 Å². The number of hydrogen-bond donors (Lipinski definition) is 1. The third-order valence-corrected chi connectivity index (χ3v) is 5.39. The molecule has 1 aromatic carbocycles. The number of ether oxygens (including phenoxy) is 1. The van der Waals surface area contributed by atoms with Crippen molar-refractivity contribution < 1.29 is 18.7 Å². The van der Waals surface area contributed by atoms with E-state index in [2.05, 4.69) is 15.4 Å². The molecule has 0 bridgehead atoms. The molecule has 3 heterocycles. The highest BCUT2D eigenvalue weighted by Crippen LogP contribution is 2.24. The third-order valence-electron chi connectivity index (χ3n) is 4.84. The summed E-state index contributed by atoms with van der Waals surface area (Å²) >= 11 is 12.0. The monoisotopic (exact) mass is 498 g/mol. The minimum absolute atomic E-state index is 0.0989. The molecule has 3 aromatic heterocycles. The minimum atomic E-state index is -0.813. The Kier molecular flexibility index (Phi) is 7.00. The molecule has 0 aliphatic rings. The molecule has 0 unspecified atom stereocenters. The summed E-state index contributed by atoms with van der Waals surface area (Å²) in [5, 5.41) is 7.73. The predicted octanol–water partition coefficient (Wildman–Crippen LogP) is 4.92. The number of nitrogens with zero attached hydrogens (tertiary/aromatic N) is 3. The van der Waals surface area contributed by atoms with Crippen molar-refractivity contribution in [1.29, 1.82) is 0 Å². The fourth-order valence-corrected chi connectivity index (χ4v) is 3.54. The number of aromatic nitrogens is 3. The van der Waals surface area contributed by atoms with Gasteiger partial charge in [-0.2, -0.15) is 5.10 Å². The van der Waals surface area contributed by atoms with Crippen LogP contribution >= 0.6 is 23.2 Å². The number of rotatable bonds is 7. The van der Waals surface area contributed by atoms with Crippen molar-refractivity contribution in [3.63, 3.8) is 0 Å². The Morgan fingerprint density at radius 1 is 1.06 bits per heavy atom. The zero-order chi connectivity index (χ0) is 24.2. The van der Waals surface area contributed by atoms with Gasteiger partial charge >= 0.3 is 5.97 Å². The van der Waals surface area contributed by atoms with E-state index in [4.69, 9.17) is 32.4 Å². The quantitative estimate of drug-likeness (QED) is 0.363. The Balaban J connectivity index is 1.33. The van der Waals surface area contributed by atoms with Crippen LogP contribution in [0.15, 0.2) is 59.0 Å². The maximum Gasteiger partial charge on any atom is 0.359 e. The number of carbonyl (C=O) groups is 2. The van der Waals surface area contributed by atoms with Crippen LogP contribution in [-0.2, 0) is 16.1 Å². The van der Waals surface area contributed by atoms with Crippen LogP contribution in [0.5, 0.6) is 0 Å². The molecule has 0 fully saturated rings. The third kappa shape index (κ3) is 5.47. The first-order valence-electron chi connectivity index (χ1n) is 10.3. The van der Waals surface area contributed by atoms with E-state index in [1.165, 1.54) is 6.07 Å². The predicted molar refractivity (Wildman–Crippen MR) is 127 cm³/mol. The molecule has 0 aliphatic carbocycles. The number of hydrogen-bond acceptors (Lipinski definition) is 6. The van der Waals surface area contributed by atoms with Crippen LogP contribution in [0.1, 0.15) is 27.6 Å². The molecular formula is C24H20Cl2N4O4. The van der Waals surface area contributed by atoms with E-state index in [0.29, 0.717) is 22.4 Å². The van der Waals surface area contributed by atoms with Crippen LogP contribution in [0.2, 0.25) is 10.0 Å². The van der Waals surface area contributed by atoms with E-state index < -0.39 is 18.5 Å². The number of aryl methyl sites for hydroxylation is 2. The van der Waals surface area contributed by atoms with Crippen LogP contribution in [0.4, 0.5) is 0 Å². The summed E-state index contributed by atoms with van der Waals surface area (Å²) in [7, 11) is 0. The molecule has 0 aliphatic heterocycles. The zero-order valence-corrected chi connectivity index (χ0v) is 19.9. The maximum absolute atomic E-state index is 12.5. The number of nitrogens with one attached hydrogen (secondary N) is 1. The van der Waals surface area contributed by atoms with Crippen LogP contribution < -0.4 is 5.32 Å². The number of carbonyl (C=O) groups excluding carboxylic acids is 2. The second-order valence-corrected chi connectivity index (χ2v) is 8.31. The molecule has 0 saturated carbocycles. The van der Waals surface area contributed by atoms with Crippen LogP contribution in [0, 0.1) is 13.8 Å². The molecular weight excluding hydrogens is 479 g/mol. The number of esters is 1. The van der Waals surface area contributed by atoms with Gasteiger partial charge in [0.2, 0.25) is 0 Å². The lowest BCUT2D eigenvalue weighted by atomic mass is 10.2. The number of halogens is 2. The van der Waals surface area contributed by atoms with Gasteiger partial charge in [-0.15, -0.1) is 0 Å². The Morgan fingerprint density at radius 3 is 2.53 bits per heavy atom. The number of amides is 1. The molecule has 0 spiro atoms. The highest BCUT2D eigenvalue weighted by Gasteiger charge is 2.18. The van der Waals surface area contributed by atoms with E-state index in [-0.39, 0.29) is 17.3 Å². The van der Waals surface area contributed by atoms with Crippen molar-refractivity contribution in [3.8, 4) is 17.1 Å². The fraction of sp³-hybridized carbons (Fsp3) is 0.167. The van der Waals surface area contributed by atoms with Gasteiger partial charge in [0.1, 0.15) is 11.5 Å². The Hall–Kier alpha value is -3.62. The van der Waals surface area contributed by atoms with Crippen molar-refractivity contribution >= 4 is 35.1 Å². The highest BCUT2D eigenvalue weighted by atomic mass is 35.5. The second kappa shape index (κ2) is 10.1. The molecule has 174 valence electrons. The SMILES string of the molecule is Cc1cc(C)n(-c2ccc(Cl)c(C(=O)OCC(=O)NCc3ccc(-c4ccc(Cl)cc4)o3)n2)n1. The molecule has 1 amide bonds. The lowest BCUT2D eigenvalue weighted by Crippen LogP contribution is -2.28. The molecule has 1 N–H and O–H groups in total. The number of furan rings is 1. The lowest BCUT2D eigenvalue weighted by molar-refractivity contribution is -0.124. The lowest BCUT2D eigenvalue weighted by Gasteiger charge is -2.09. The molecule has 0 radical (unpaired) electrons. The van der Waals surface area contributed by atoms with Gasteiger partial charge in [0, 0.05) is 16.3 Å². The minimum Gasteiger partial charge on any atom is -0.459 e. The average Bonchev–Trinajstić information content (AvgIpc) is 3.42. The summed E-state index contributed by atoms with van der Waals surface area (Å²) < 4.78 is 12.4. The van der Waals surface area contributed by atoms with E-state index in [0.717, 1.165) is 17.0 Å². The molecule has 4 rings (SSSR count). The highest BCUT2D eigenvalue weighted by molar-refractivity contribution is 6.33. The van der Waals surface area contributed by atoms with Gasteiger partial charge in [-0.05, 0) is 68.4 Å². The van der Waals surface area contributed by atoms with Crippen LogP contribution in [-0.4, -0.2) is 33.2 Å². The number of benzene rings is 1. The molecule has 4 aromatic rings. The van der Waals surface area contributed by atoms with Gasteiger partial charge in [-0.25, -0.2) is 14.5 Å². The van der Waals surface area contributed by atoms with E-state index in [9.17, 15) is 9.59 Å². The fourth-order valence-electron chi connectivity index (χ4n) is 3.23. The first kappa shape index (κ1) is 23.5. The van der Waals surface area contributed by atoms with Crippen LogP contribution in [0.25, 0.3) is 17.1 Å². The number of pyridine rings is 1. The second-order valence-electron chi connectivity index (χ2n) is 7.46. The largest absolute Gasteiger partial charge is 0.459 e. The smallest absolute Gasteiger partial charge is 0.359 e. The van der Waals surface area contributed by atoms with Crippen molar-refractivity contribution in [2.75, 3.05) is 6.61 Å². The van der Waals surface area contributed by atoms with Gasteiger partial charge in [0.05, 0.1) is 17.3 Å². The maximum atomic E-state index is 12.5. The van der Waals surface area contributed by atoms with E-state index in [1.54, 1.807) is 35.0 Å². The van der Waals surface area contributed by atoms with Gasteiger partial charge in [0.25, 0.3) is 5.91 Å². The van der Waals surface area contributed by atoms with Crippen molar-refractivity contribution in [3.05, 3.63) is 87.5 Å². The first-order valence-corrected chi connectivity index (χ1v) is 11.0. The molecule has 10 heteroatoms. The summed E-state index contributed by atoms with van der Waals surface area (Å²) in [6, 6.07) is 15.8. The summed E-state index contributed by atoms with van der Waals surface area (Å²) in [6.45, 7) is 3.37. The summed E-state index contributed by atoms with van der Waals surface area (Å²) in [4.78, 5) is 28.9. The molecule has 0 atom stereocenters. The standard InChI is InChI=1S/C24H20Cl2N4O4/c1-14-11-15(2)30(29-14)21-10-8-19(26)23(28-21)24(32)33-13-22(31)27-12-18-7-9-20(34-18)16-3-5-17(25)6-4-16/h3-11H,12-13H2,1-2H3,(H,27,31).